The molecule has 4 unspecified atom stereocenters. The van der Waals surface area contributed by atoms with Gasteiger partial charge in [0.15, 0.2) is 0 Å². The van der Waals surface area contributed by atoms with Gasteiger partial charge in [-0.2, -0.15) is 0 Å². The Balaban J connectivity index is 1.62. The van der Waals surface area contributed by atoms with Crippen molar-refractivity contribution in [1.29, 1.82) is 0 Å². The number of nitrogens with two attached hydrogens (primary N) is 1. The highest BCUT2D eigenvalue weighted by atomic mass is 16.2. The molecular weight excluding hydrogens is 212 g/mol. The van der Waals surface area contributed by atoms with Gasteiger partial charge < -0.3 is 10.6 Å². The SMILES string of the molecule is NCC1CCCC(C(=O)N2CC3CCC2C3)C1. The molecular formula is C14H24N2O. The molecule has 3 nitrogen and oxygen atoms in total. The molecule has 17 heavy (non-hydrogen) atoms. The van der Waals surface area contributed by atoms with Crippen molar-refractivity contribution in [2.75, 3.05) is 13.1 Å². The van der Waals surface area contributed by atoms with Crippen LogP contribution in [0.5, 0.6) is 0 Å². The van der Waals surface area contributed by atoms with Crippen LogP contribution in [-0.2, 0) is 4.79 Å². The van der Waals surface area contributed by atoms with Gasteiger partial charge in [-0.3, -0.25) is 4.79 Å². The Morgan fingerprint density at radius 1 is 1.18 bits per heavy atom. The number of likely N-dealkylation sites (tertiary alicyclic amines) is 1. The van der Waals surface area contributed by atoms with E-state index in [-0.39, 0.29) is 5.92 Å². The van der Waals surface area contributed by atoms with Gasteiger partial charge in [-0.15, -0.1) is 0 Å². The second kappa shape index (κ2) is 4.60. The maximum Gasteiger partial charge on any atom is 0.225 e. The van der Waals surface area contributed by atoms with Gasteiger partial charge in [0.1, 0.15) is 0 Å². The van der Waals surface area contributed by atoms with Gasteiger partial charge in [0.25, 0.3) is 0 Å². The second-order valence-corrected chi connectivity index (χ2v) is 6.29. The summed E-state index contributed by atoms with van der Waals surface area (Å²) in [6.45, 7) is 1.81. The van der Waals surface area contributed by atoms with Crippen LogP contribution in [0.4, 0.5) is 0 Å². The van der Waals surface area contributed by atoms with E-state index >= 15 is 0 Å². The standard InChI is InChI=1S/C14H24N2O/c15-8-10-2-1-3-12(6-10)14(17)16-9-11-4-5-13(16)7-11/h10-13H,1-9,15H2. The van der Waals surface area contributed by atoms with Crippen molar-refractivity contribution in [3.63, 3.8) is 0 Å². The average molecular weight is 236 g/mol. The third kappa shape index (κ3) is 2.10. The maximum atomic E-state index is 12.5. The van der Waals surface area contributed by atoms with Crippen LogP contribution < -0.4 is 5.73 Å². The highest BCUT2D eigenvalue weighted by molar-refractivity contribution is 5.79. The molecule has 4 atom stereocenters. The first-order valence-electron chi connectivity index (χ1n) is 7.28. The number of rotatable bonds is 2. The van der Waals surface area contributed by atoms with Crippen LogP contribution in [0, 0.1) is 17.8 Å². The third-order valence-corrected chi connectivity index (χ3v) is 5.16. The predicted octanol–water partition coefficient (Wildman–Crippen LogP) is 1.76. The molecule has 0 aromatic heterocycles. The lowest BCUT2D eigenvalue weighted by molar-refractivity contribution is -0.138. The minimum Gasteiger partial charge on any atom is -0.339 e. The first-order valence-corrected chi connectivity index (χ1v) is 7.28. The van der Waals surface area contributed by atoms with Crippen LogP contribution >= 0.6 is 0 Å². The molecule has 1 aliphatic heterocycles. The first kappa shape index (κ1) is 11.5. The fourth-order valence-electron chi connectivity index (χ4n) is 4.16. The summed E-state index contributed by atoms with van der Waals surface area (Å²) in [5.74, 6) is 2.15. The largest absolute Gasteiger partial charge is 0.339 e. The van der Waals surface area contributed by atoms with Gasteiger partial charge in [-0.05, 0) is 56.9 Å². The molecule has 1 saturated heterocycles. The molecule has 2 N–H and O–H groups in total. The number of carbonyl (C=O) groups excluding carboxylic acids is 1. The average Bonchev–Trinajstić information content (AvgIpc) is 3.00. The lowest BCUT2D eigenvalue weighted by Gasteiger charge is -2.34. The van der Waals surface area contributed by atoms with E-state index in [2.05, 4.69) is 4.90 Å². The number of piperidine rings is 1. The molecule has 1 amide bonds. The molecule has 3 aliphatic rings. The Kier molecular flexibility index (Phi) is 3.12. The summed E-state index contributed by atoms with van der Waals surface area (Å²) in [5, 5.41) is 0. The van der Waals surface area contributed by atoms with E-state index in [1.54, 1.807) is 0 Å². The zero-order valence-electron chi connectivity index (χ0n) is 10.6. The molecule has 2 aliphatic carbocycles. The van der Waals surface area contributed by atoms with Gasteiger partial charge in [-0.1, -0.05) is 6.42 Å². The molecule has 0 spiro atoms. The lowest BCUT2D eigenvalue weighted by atomic mass is 9.80. The number of amides is 1. The number of fused-ring (bicyclic) bond motifs is 2. The van der Waals surface area contributed by atoms with Gasteiger partial charge in [-0.25, -0.2) is 0 Å². The molecule has 96 valence electrons. The van der Waals surface area contributed by atoms with Crippen LogP contribution in [0.15, 0.2) is 0 Å². The third-order valence-electron chi connectivity index (χ3n) is 5.16. The van der Waals surface area contributed by atoms with Crippen LogP contribution in [0.2, 0.25) is 0 Å². The van der Waals surface area contributed by atoms with Gasteiger partial charge in [0.2, 0.25) is 5.91 Å². The molecule has 3 heteroatoms. The highest BCUT2D eigenvalue weighted by Gasteiger charge is 2.42. The fourth-order valence-corrected chi connectivity index (χ4v) is 4.16. The quantitative estimate of drug-likeness (QED) is 0.794. The van der Waals surface area contributed by atoms with Crippen molar-refractivity contribution in [2.24, 2.45) is 23.5 Å². The summed E-state index contributed by atoms with van der Waals surface area (Å²) in [4.78, 5) is 14.7. The lowest BCUT2D eigenvalue weighted by Crippen LogP contribution is -2.43. The van der Waals surface area contributed by atoms with Crippen molar-refractivity contribution < 1.29 is 4.79 Å². The molecule has 2 saturated carbocycles. The Labute approximate surface area is 104 Å². The van der Waals surface area contributed by atoms with E-state index in [4.69, 9.17) is 5.73 Å². The molecule has 3 fully saturated rings. The molecule has 0 radical (unpaired) electrons. The normalized spacial score (nSPS) is 40.9. The summed E-state index contributed by atoms with van der Waals surface area (Å²) in [7, 11) is 0. The van der Waals surface area contributed by atoms with Crippen LogP contribution in [0.1, 0.15) is 44.9 Å². The number of nitrogens with zero attached hydrogens (tertiary/aromatic N) is 1. The highest BCUT2D eigenvalue weighted by Crippen LogP contribution is 2.40. The monoisotopic (exact) mass is 236 g/mol. The van der Waals surface area contributed by atoms with E-state index < -0.39 is 0 Å². The zero-order valence-corrected chi connectivity index (χ0v) is 10.6. The Morgan fingerprint density at radius 2 is 2.06 bits per heavy atom. The van der Waals surface area contributed by atoms with Crippen LogP contribution in [0.25, 0.3) is 0 Å². The fraction of sp³-hybridized carbons (Fsp3) is 0.929. The summed E-state index contributed by atoms with van der Waals surface area (Å²) < 4.78 is 0. The molecule has 0 aromatic carbocycles. The van der Waals surface area contributed by atoms with Crippen LogP contribution in [-0.4, -0.2) is 29.9 Å². The number of hydrogen-bond donors (Lipinski definition) is 1. The minimum absolute atomic E-state index is 0.289. The predicted molar refractivity (Wildman–Crippen MR) is 67.3 cm³/mol. The summed E-state index contributed by atoms with van der Waals surface area (Å²) in [5.41, 5.74) is 5.75. The summed E-state index contributed by atoms with van der Waals surface area (Å²) in [6.07, 6.45) is 8.45. The summed E-state index contributed by atoms with van der Waals surface area (Å²) in [6, 6.07) is 0.589. The van der Waals surface area contributed by atoms with E-state index in [9.17, 15) is 4.79 Å². The first-order chi connectivity index (χ1) is 8.28. The van der Waals surface area contributed by atoms with Gasteiger partial charge >= 0.3 is 0 Å². The van der Waals surface area contributed by atoms with E-state index in [0.717, 1.165) is 31.8 Å². The summed E-state index contributed by atoms with van der Waals surface area (Å²) >= 11 is 0. The molecule has 0 aromatic rings. The van der Waals surface area contributed by atoms with E-state index in [1.807, 2.05) is 0 Å². The second-order valence-electron chi connectivity index (χ2n) is 6.29. The smallest absolute Gasteiger partial charge is 0.225 e. The van der Waals surface area contributed by atoms with Gasteiger partial charge in [0.05, 0.1) is 0 Å². The molecule has 1 heterocycles. The Bertz CT molecular complexity index is 305. The zero-order chi connectivity index (χ0) is 11.8. The Hall–Kier alpha value is -0.570. The van der Waals surface area contributed by atoms with Crippen molar-refractivity contribution in [1.82, 2.24) is 4.90 Å². The van der Waals surface area contributed by atoms with Crippen LogP contribution in [0.3, 0.4) is 0 Å². The minimum atomic E-state index is 0.289. The Morgan fingerprint density at radius 3 is 2.71 bits per heavy atom. The molecule has 3 rings (SSSR count). The van der Waals surface area contributed by atoms with E-state index in [0.29, 0.717) is 17.9 Å². The van der Waals surface area contributed by atoms with Crippen molar-refractivity contribution >= 4 is 5.91 Å². The van der Waals surface area contributed by atoms with E-state index in [1.165, 1.54) is 32.1 Å². The number of carbonyl (C=O) groups is 1. The number of hydrogen-bond acceptors (Lipinski definition) is 2. The van der Waals surface area contributed by atoms with Crippen molar-refractivity contribution in [3.8, 4) is 0 Å². The topological polar surface area (TPSA) is 46.3 Å². The van der Waals surface area contributed by atoms with Gasteiger partial charge in [0, 0.05) is 18.5 Å². The maximum absolute atomic E-state index is 12.5. The molecule has 2 bridgehead atoms. The van der Waals surface area contributed by atoms with Crippen molar-refractivity contribution in [3.05, 3.63) is 0 Å². The van der Waals surface area contributed by atoms with Crippen molar-refractivity contribution in [2.45, 2.75) is 51.0 Å².